The summed E-state index contributed by atoms with van der Waals surface area (Å²) in [5, 5.41) is 9.63. The molecule has 1 aliphatic rings. The molecule has 0 bridgehead atoms. The van der Waals surface area contributed by atoms with Gasteiger partial charge < -0.3 is 5.11 Å². The monoisotopic (exact) mass is 266 g/mol. The van der Waals surface area contributed by atoms with Gasteiger partial charge in [0.15, 0.2) is 0 Å². The van der Waals surface area contributed by atoms with Crippen LogP contribution in [0.4, 0.5) is 0 Å². The Morgan fingerprint density at radius 2 is 1.75 bits per heavy atom. The van der Waals surface area contributed by atoms with Crippen LogP contribution in [0.15, 0.2) is 54.6 Å². The highest BCUT2D eigenvalue weighted by Gasteiger charge is 2.47. The Bertz CT molecular complexity index is 618. The molecule has 1 N–H and O–H groups in total. The molecule has 1 aliphatic carbocycles. The zero-order chi connectivity index (χ0) is 14.1. The van der Waals surface area contributed by atoms with Gasteiger partial charge in [-0.3, -0.25) is 4.79 Å². The van der Waals surface area contributed by atoms with Crippen LogP contribution in [0.5, 0.6) is 0 Å². The van der Waals surface area contributed by atoms with Crippen molar-refractivity contribution in [1.82, 2.24) is 0 Å². The lowest BCUT2D eigenvalue weighted by Crippen LogP contribution is -2.15. The van der Waals surface area contributed by atoms with Crippen LogP contribution in [0.3, 0.4) is 0 Å². The van der Waals surface area contributed by atoms with Gasteiger partial charge in [0.1, 0.15) is 0 Å². The molecule has 1 saturated carbocycles. The Labute approximate surface area is 119 Å². The highest BCUT2D eigenvalue weighted by atomic mass is 16.4. The first-order chi connectivity index (χ1) is 9.68. The molecule has 3 unspecified atom stereocenters. The van der Waals surface area contributed by atoms with E-state index in [2.05, 4.69) is 12.1 Å². The minimum atomic E-state index is -0.706. The van der Waals surface area contributed by atoms with E-state index in [-0.39, 0.29) is 11.8 Å². The predicted octanol–water partition coefficient (Wildman–Crippen LogP) is 3.97. The van der Waals surface area contributed by atoms with E-state index in [0.29, 0.717) is 5.92 Å². The maximum Gasteiger partial charge on any atom is 0.311 e. The van der Waals surface area contributed by atoms with Crippen molar-refractivity contribution in [2.45, 2.75) is 25.2 Å². The largest absolute Gasteiger partial charge is 0.481 e. The van der Waals surface area contributed by atoms with E-state index in [4.69, 9.17) is 0 Å². The summed E-state index contributed by atoms with van der Waals surface area (Å²) in [6, 6.07) is 18.1. The van der Waals surface area contributed by atoms with Gasteiger partial charge in [-0.25, -0.2) is 0 Å². The molecular formula is C18H18O2. The Kier molecular flexibility index (Phi) is 3.31. The standard InChI is InChI=1S/C18H18O2/c1-12-7-5-6-10-14(12)17(18(19)20)16-11-15(16)13-8-3-2-4-9-13/h2-10,15-17H,11H2,1H3,(H,19,20). The fraction of sp³-hybridized carbons (Fsp3) is 0.278. The van der Waals surface area contributed by atoms with Gasteiger partial charge in [-0.2, -0.15) is 0 Å². The second-order valence-electron chi connectivity index (χ2n) is 5.59. The fourth-order valence-corrected chi connectivity index (χ4v) is 3.15. The van der Waals surface area contributed by atoms with Crippen molar-refractivity contribution in [2.24, 2.45) is 5.92 Å². The second-order valence-corrected chi connectivity index (χ2v) is 5.59. The lowest BCUT2D eigenvalue weighted by atomic mass is 9.89. The summed E-state index contributed by atoms with van der Waals surface area (Å²) in [5.74, 6) is -0.489. The molecule has 20 heavy (non-hydrogen) atoms. The zero-order valence-electron chi connectivity index (χ0n) is 11.5. The van der Waals surface area contributed by atoms with E-state index in [0.717, 1.165) is 17.5 Å². The number of carboxylic acid groups (broad SMARTS) is 1. The third kappa shape index (κ3) is 2.34. The normalized spacial score (nSPS) is 22.2. The zero-order valence-corrected chi connectivity index (χ0v) is 11.5. The summed E-state index contributed by atoms with van der Waals surface area (Å²) < 4.78 is 0. The smallest absolute Gasteiger partial charge is 0.311 e. The lowest BCUT2D eigenvalue weighted by Gasteiger charge is -2.15. The third-order valence-corrected chi connectivity index (χ3v) is 4.29. The van der Waals surface area contributed by atoms with Crippen molar-refractivity contribution in [3.63, 3.8) is 0 Å². The van der Waals surface area contributed by atoms with E-state index in [1.165, 1.54) is 5.56 Å². The first-order valence-corrected chi connectivity index (χ1v) is 7.01. The number of rotatable bonds is 4. The first kappa shape index (κ1) is 12.9. The Morgan fingerprint density at radius 3 is 2.40 bits per heavy atom. The van der Waals surface area contributed by atoms with Crippen molar-refractivity contribution in [1.29, 1.82) is 0 Å². The number of benzene rings is 2. The maximum atomic E-state index is 11.7. The third-order valence-electron chi connectivity index (χ3n) is 4.29. The lowest BCUT2D eigenvalue weighted by molar-refractivity contribution is -0.139. The second kappa shape index (κ2) is 5.12. The van der Waals surface area contributed by atoms with Gasteiger partial charge in [-0.1, -0.05) is 54.6 Å². The number of hydrogen-bond acceptors (Lipinski definition) is 1. The van der Waals surface area contributed by atoms with Crippen LogP contribution in [0.2, 0.25) is 0 Å². The van der Waals surface area contributed by atoms with Gasteiger partial charge in [0, 0.05) is 0 Å². The average molecular weight is 266 g/mol. The number of hydrogen-bond donors (Lipinski definition) is 1. The molecule has 0 heterocycles. The van der Waals surface area contributed by atoms with Crippen LogP contribution < -0.4 is 0 Å². The summed E-state index contributed by atoms with van der Waals surface area (Å²) in [6.07, 6.45) is 0.968. The molecule has 2 aromatic carbocycles. The average Bonchev–Trinajstić information content (AvgIpc) is 3.22. The SMILES string of the molecule is Cc1ccccc1C(C(=O)O)C1CC1c1ccccc1. The molecule has 3 rings (SSSR count). The molecule has 0 aliphatic heterocycles. The number of aryl methyl sites for hydroxylation is 1. The summed E-state index contributed by atoms with van der Waals surface area (Å²) in [5.41, 5.74) is 3.29. The Morgan fingerprint density at radius 1 is 1.10 bits per heavy atom. The molecule has 102 valence electrons. The van der Waals surface area contributed by atoms with Crippen molar-refractivity contribution >= 4 is 5.97 Å². The first-order valence-electron chi connectivity index (χ1n) is 7.01. The fourth-order valence-electron chi connectivity index (χ4n) is 3.15. The molecule has 0 aromatic heterocycles. The van der Waals surface area contributed by atoms with Crippen LogP contribution in [-0.4, -0.2) is 11.1 Å². The molecule has 0 saturated heterocycles. The number of aliphatic carboxylic acids is 1. The predicted molar refractivity (Wildman–Crippen MR) is 78.8 cm³/mol. The Balaban J connectivity index is 1.88. The van der Waals surface area contributed by atoms with E-state index in [1.807, 2.05) is 49.4 Å². The molecule has 2 nitrogen and oxygen atoms in total. The Hall–Kier alpha value is -2.09. The summed E-state index contributed by atoms with van der Waals surface area (Å²) >= 11 is 0. The highest BCUT2D eigenvalue weighted by Crippen LogP contribution is 2.55. The summed E-state index contributed by atoms with van der Waals surface area (Å²) in [6.45, 7) is 1.99. The molecular weight excluding hydrogens is 248 g/mol. The van der Waals surface area contributed by atoms with E-state index >= 15 is 0 Å². The van der Waals surface area contributed by atoms with Gasteiger partial charge >= 0.3 is 5.97 Å². The summed E-state index contributed by atoms with van der Waals surface area (Å²) in [4.78, 5) is 11.7. The minimum absolute atomic E-state index is 0.219. The van der Waals surface area contributed by atoms with Crippen molar-refractivity contribution in [3.8, 4) is 0 Å². The maximum absolute atomic E-state index is 11.7. The van der Waals surface area contributed by atoms with Gasteiger partial charge in [-0.05, 0) is 41.9 Å². The van der Waals surface area contributed by atoms with Gasteiger partial charge in [0.25, 0.3) is 0 Å². The van der Waals surface area contributed by atoms with Crippen molar-refractivity contribution in [2.75, 3.05) is 0 Å². The molecule has 0 amide bonds. The van der Waals surface area contributed by atoms with E-state index < -0.39 is 5.97 Å². The van der Waals surface area contributed by atoms with Crippen LogP contribution in [0.25, 0.3) is 0 Å². The molecule has 2 heteroatoms. The van der Waals surface area contributed by atoms with Crippen molar-refractivity contribution < 1.29 is 9.90 Å². The molecule has 0 radical (unpaired) electrons. The van der Waals surface area contributed by atoms with Gasteiger partial charge in [-0.15, -0.1) is 0 Å². The number of carboxylic acids is 1. The quantitative estimate of drug-likeness (QED) is 0.909. The van der Waals surface area contributed by atoms with Gasteiger partial charge in [0.05, 0.1) is 5.92 Å². The van der Waals surface area contributed by atoms with Crippen LogP contribution in [0.1, 0.15) is 34.9 Å². The molecule has 1 fully saturated rings. The van der Waals surface area contributed by atoms with Crippen LogP contribution in [0, 0.1) is 12.8 Å². The van der Waals surface area contributed by atoms with Crippen LogP contribution in [-0.2, 0) is 4.79 Å². The van der Waals surface area contributed by atoms with Crippen LogP contribution >= 0.6 is 0 Å². The van der Waals surface area contributed by atoms with E-state index in [9.17, 15) is 9.90 Å². The van der Waals surface area contributed by atoms with Crippen molar-refractivity contribution in [3.05, 3.63) is 71.3 Å². The summed E-state index contributed by atoms with van der Waals surface area (Å²) in [7, 11) is 0. The topological polar surface area (TPSA) is 37.3 Å². The number of carbonyl (C=O) groups is 1. The minimum Gasteiger partial charge on any atom is -0.481 e. The molecule has 3 atom stereocenters. The molecule has 2 aromatic rings. The highest BCUT2D eigenvalue weighted by molar-refractivity contribution is 5.78. The van der Waals surface area contributed by atoms with Gasteiger partial charge in [0.2, 0.25) is 0 Å². The molecule has 0 spiro atoms. The van der Waals surface area contributed by atoms with E-state index in [1.54, 1.807) is 0 Å².